The van der Waals surface area contributed by atoms with E-state index in [-0.39, 0.29) is 5.60 Å². The summed E-state index contributed by atoms with van der Waals surface area (Å²) < 4.78 is 5.47. The van der Waals surface area contributed by atoms with Crippen LogP contribution in [0.15, 0.2) is 0 Å². The summed E-state index contributed by atoms with van der Waals surface area (Å²) in [6.07, 6.45) is 6.48. The van der Waals surface area contributed by atoms with Crippen molar-refractivity contribution in [1.82, 2.24) is 9.80 Å². The molecule has 0 N–H and O–H groups in total. The molecule has 114 valence electrons. The van der Waals surface area contributed by atoms with Gasteiger partial charge in [0.15, 0.2) is 0 Å². The van der Waals surface area contributed by atoms with Crippen LogP contribution in [0.3, 0.4) is 0 Å². The van der Waals surface area contributed by atoms with Crippen LogP contribution in [0.25, 0.3) is 0 Å². The summed E-state index contributed by atoms with van der Waals surface area (Å²) in [5, 5.41) is 0. The first kappa shape index (κ1) is 16.9. The number of rotatable bonds is 9. The highest BCUT2D eigenvalue weighted by molar-refractivity contribution is 4.74. The normalized spacial score (nSPS) is 18.9. The zero-order chi connectivity index (χ0) is 14.1. The van der Waals surface area contributed by atoms with Gasteiger partial charge in [0, 0.05) is 33.3 Å². The molecule has 0 unspecified atom stereocenters. The van der Waals surface area contributed by atoms with Crippen LogP contribution in [-0.4, -0.2) is 61.8 Å². The molecule has 0 amide bonds. The molecule has 1 fully saturated rings. The Kier molecular flexibility index (Phi) is 7.96. The van der Waals surface area contributed by atoms with E-state index in [1.165, 1.54) is 65.0 Å². The van der Waals surface area contributed by atoms with Gasteiger partial charge in [-0.25, -0.2) is 0 Å². The monoisotopic (exact) mass is 270 g/mol. The third-order valence-electron chi connectivity index (χ3n) is 4.35. The highest BCUT2D eigenvalue weighted by Gasteiger charge is 2.19. The fourth-order valence-corrected chi connectivity index (χ4v) is 2.65. The van der Waals surface area contributed by atoms with Gasteiger partial charge in [0.1, 0.15) is 0 Å². The molecular formula is C16H34N2O. The van der Waals surface area contributed by atoms with Crippen molar-refractivity contribution in [1.29, 1.82) is 0 Å². The summed E-state index contributed by atoms with van der Waals surface area (Å²) >= 11 is 0. The summed E-state index contributed by atoms with van der Waals surface area (Å²) in [5.41, 5.74) is 0.0436. The second-order valence-corrected chi connectivity index (χ2v) is 6.46. The quantitative estimate of drug-likeness (QED) is 0.599. The Morgan fingerprint density at radius 3 is 1.89 bits per heavy atom. The van der Waals surface area contributed by atoms with E-state index in [1.54, 1.807) is 0 Å². The summed E-state index contributed by atoms with van der Waals surface area (Å²) in [4.78, 5) is 5.24. The van der Waals surface area contributed by atoms with E-state index in [0.29, 0.717) is 0 Å². The van der Waals surface area contributed by atoms with Crippen LogP contribution in [-0.2, 0) is 4.74 Å². The molecule has 1 saturated heterocycles. The molecule has 3 heteroatoms. The first-order valence-corrected chi connectivity index (χ1v) is 8.07. The van der Waals surface area contributed by atoms with Gasteiger partial charge in [-0.2, -0.15) is 0 Å². The van der Waals surface area contributed by atoms with E-state index in [0.717, 1.165) is 6.42 Å². The summed E-state index contributed by atoms with van der Waals surface area (Å²) in [7, 11) is 1.81. The maximum atomic E-state index is 5.47. The Morgan fingerprint density at radius 1 is 0.895 bits per heavy atom. The molecule has 0 aromatic heterocycles. The van der Waals surface area contributed by atoms with E-state index >= 15 is 0 Å². The number of ether oxygens (including phenoxy) is 1. The van der Waals surface area contributed by atoms with Gasteiger partial charge in [-0.1, -0.05) is 19.8 Å². The fraction of sp³-hybridized carbons (Fsp3) is 1.00. The smallest absolute Gasteiger partial charge is 0.0623 e. The van der Waals surface area contributed by atoms with Crippen molar-refractivity contribution in [2.24, 2.45) is 0 Å². The molecular weight excluding hydrogens is 236 g/mol. The minimum atomic E-state index is 0.0436. The Morgan fingerprint density at radius 2 is 1.42 bits per heavy atom. The zero-order valence-corrected chi connectivity index (χ0v) is 13.6. The van der Waals surface area contributed by atoms with Gasteiger partial charge in [0.2, 0.25) is 0 Å². The average molecular weight is 270 g/mol. The molecule has 19 heavy (non-hydrogen) atoms. The van der Waals surface area contributed by atoms with Crippen molar-refractivity contribution in [3.63, 3.8) is 0 Å². The maximum absolute atomic E-state index is 5.47. The fourth-order valence-electron chi connectivity index (χ4n) is 2.65. The second kappa shape index (κ2) is 8.93. The summed E-state index contributed by atoms with van der Waals surface area (Å²) in [6.45, 7) is 14.2. The lowest BCUT2D eigenvalue weighted by Gasteiger charge is -2.35. The van der Waals surface area contributed by atoms with E-state index in [1.807, 2.05) is 7.11 Å². The van der Waals surface area contributed by atoms with Gasteiger partial charge in [-0.05, 0) is 46.2 Å². The van der Waals surface area contributed by atoms with Crippen LogP contribution in [0.1, 0.15) is 52.9 Å². The van der Waals surface area contributed by atoms with E-state index in [9.17, 15) is 0 Å². The van der Waals surface area contributed by atoms with Crippen molar-refractivity contribution < 1.29 is 4.74 Å². The lowest BCUT2D eigenvalue weighted by atomic mass is 10.0. The molecule has 1 rings (SSSR count). The molecule has 0 aliphatic carbocycles. The largest absolute Gasteiger partial charge is 0.379 e. The Hall–Kier alpha value is -0.120. The molecule has 1 aliphatic heterocycles. The van der Waals surface area contributed by atoms with Gasteiger partial charge >= 0.3 is 0 Å². The molecule has 0 radical (unpaired) electrons. The molecule has 0 saturated carbocycles. The molecule has 1 heterocycles. The van der Waals surface area contributed by atoms with E-state index < -0.39 is 0 Å². The predicted octanol–water partition coefficient (Wildman–Crippen LogP) is 3.00. The van der Waals surface area contributed by atoms with Crippen LogP contribution in [0.2, 0.25) is 0 Å². The van der Waals surface area contributed by atoms with Crippen molar-refractivity contribution in [2.75, 3.05) is 46.4 Å². The van der Waals surface area contributed by atoms with E-state index in [2.05, 4.69) is 30.6 Å². The van der Waals surface area contributed by atoms with Crippen LogP contribution in [0, 0.1) is 0 Å². The summed E-state index contributed by atoms with van der Waals surface area (Å²) in [6, 6.07) is 0. The molecule has 0 aromatic carbocycles. The second-order valence-electron chi connectivity index (χ2n) is 6.46. The number of hydrogen-bond donors (Lipinski definition) is 0. The summed E-state index contributed by atoms with van der Waals surface area (Å²) in [5.74, 6) is 0. The highest BCUT2D eigenvalue weighted by atomic mass is 16.5. The number of piperazine rings is 1. The number of hydrogen-bond acceptors (Lipinski definition) is 3. The first-order valence-electron chi connectivity index (χ1n) is 8.07. The lowest BCUT2D eigenvalue weighted by Crippen LogP contribution is -2.46. The highest BCUT2D eigenvalue weighted by Crippen LogP contribution is 2.16. The van der Waals surface area contributed by atoms with Crippen LogP contribution in [0.5, 0.6) is 0 Å². The molecule has 3 nitrogen and oxygen atoms in total. The number of unbranched alkanes of at least 4 members (excludes halogenated alkanes) is 2. The van der Waals surface area contributed by atoms with E-state index in [4.69, 9.17) is 4.74 Å². The standard InChI is InChI=1S/C16H34N2O/c1-5-6-7-10-17-12-14-18(15-13-17)11-8-9-16(2,3)19-4/h5-15H2,1-4H3. The molecule has 0 aromatic rings. The molecule has 1 aliphatic rings. The average Bonchev–Trinajstić information content (AvgIpc) is 2.41. The van der Waals surface area contributed by atoms with Crippen molar-refractivity contribution >= 4 is 0 Å². The Balaban J connectivity index is 2.06. The maximum Gasteiger partial charge on any atom is 0.0623 e. The first-order chi connectivity index (χ1) is 9.07. The van der Waals surface area contributed by atoms with Crippen molar-refractivity contribution in [3.8, 4) is 0 Å². The number of methoxy groups -OCH3 is 1. The molecule has 0 atom stereocenters. The van der Waals surface area contributed by atoms with Gasteiger partial charge in [-0.3, -0.25) is 0 Å². The molecule has 0 spiro atoms. The Labute approximate surface area is 120 Å². The molecule has 0 bridgehead atoms. The third kappa shape index (κ3) is 7.28. The number of nitrogens with zero attached hydrogens (tertiary/aromatic N) is 2. The van der Waals surface area contributed by atoms with Crippen LogP contribution in [0.4, 0.5) is 0 Å². The zero-order valence-electron chi connectivity index (χ0n) is 13.6. The predicted molar refractivity (Wildman–Crippen MR) is 82.7 cm³/mol. The SMILES string of the molecule is CCCCCN1CCN(CCCC(C)(C)OC)CC1. The van der Waals surface area contributed by atoms with Crippen LogP contribution < -0.4 is 0 Å². The van der Waals surface area contributed by atoms with Crippen molar-refractivity contribution in [3.05, 3.63) is 0 Å². The van der Waals surface area contributed by atoms with Gasteiger partial charge in [0.05, 0.1) is 5.60 Å². The van der Waals surface area contributed by atoms with Crippen LogP contribution >= 0.6 is 0 Å². The minimum Gasteiger partial charge on any atom is -0.379 e. The minimum absolute atomic E-state index is 0.0436. The van der Waals surface area contributed by atoms with Gasteiger partial charge in [-0.15, -0.1) is 0 Å². The lowest BCUT2D eigenvalue weighted by molar-refractivity contribution is 0.0106. The van der Waals surface area contributed by atoms with Gasteiger partial charge in [0.25, 0.3) is 0 Å². The Bertz CT molecular complexity index is 223. The topological polar surface area (TPSA) is 15.7 Å². The van der Waals surface area contributed by atoms with Crippen molar-refractivity contribution in [2.45, 2.75) is 58.5 Å². The van der Waals surface area contributed by atoms with Gasteiger partial charge < -0.3 is 14.5 Å². The third-order valence-corrected chi connectivity index (χ3v) is 4.35.